The van der Waals surface area contributed by atoms with Gasteiger partial charge >= 0.3 is 5.97 Å². The van der Waals surface area contributed by atoms with Crippen LogP contribution in [0.4, 0.5) is 0 Å². The predicted molar refractivity (Wildman–Crippen MR) is 67.0 cm³/mol. The molecular formula is C13H8N2O4. The van der Waals surface area contributed by atoms with Gasteiger partial charge in [0.1, 0.15) is 5.52 Å². The Morgan fingerprint density at radius 1 is 1.26 bits per heavy atom. The lowest BCUT2D eigenvalue weighted by Gasteiger charge is -1.92. The van der Waals surface area contributed by atoms with Gasteiger partial charge in [-0.1, -0.05) is 6.07 Å². The molecule has 3 rings (SSSR count). The van der Waals surface area contributed by atoms with Crippen molar-refractivity contribution >= 4 is 17.1 Å². The lowest BCUT2D eigenvalue weighted by atomic mass is 10.2. The zero-order valence-corrected chi connectivity index (χ0v) is 9.58. The summed E-state index contributed by atoms with van der Waals surface area (Å²) in [6.07, 6.45) is 1.47. The van der Waals surface area contributed by atoms with Crippen LogP contribution in [-0.2, 0) is 0 Å². The van der Waals surface area contributed by atoms with Crippen molar-refractivity contribution in [2.75, 3.05) is 0 Å². The summed E-state index contributed by atoms with van der Waals surface area (Å²) in [5.74, 6) is -0.799. The summed E-state index contributed by atoms with van der Waals surface area (Å²) >= 11 is 0. The zero-order valence-electron chi connectivity index (χ0n) is 9.58. The Morgan fingerprint density at radius 3 is 2.79 bits per heavy atom. The quantitative estimate of drug-likeness (QED) is 0.729. The number of benzene rings is 1. The number of hydrogen-bond acceptors (Lipinski definition) is 4. The largest absolute Gasteiger partial charge is 0.478 e. The van der Waals surface area contributed by atoms with Crippen molar-refractivity contribution in [3.05, 3.63) is 52.4 Å². The van der Waals surface area contributed by atoms with E-state index in [9.17, 15) is 9.59 Å². The number of aromatic carboxylic acids is 1. The molecular weight excluding hydrogens is 248 g/mol. The molecule has 0 saturated carbocycles. The predicted octanol–water partition coefficient (Wildman–Crippen LogP) is 1.88. The number of para-hydroxylation sites is 1. The van der Waals surface area contributed by atoms with Crippen molar-refractivity contribution in [1.82, 2.24) is 9.97 Å². The number of pyridine rings is 1. The number of nitrogens with zero attached hydrogens (tertiary/aromatic N) is 1. The second-order valence-corrected chi connectivity index (χ2v) is 3.92. The first-order valence-corrected chi connectivity index (χ1v) is 5.47. The number of aromatic amines is 1. The molecule has 2 N–H and O–H groups in total. The van der Waals surface area contributed by atoms with Crippen LogP contribution in [0.1, 0.15) is 10.4 Å². The summed E-state index contributed by atoms with van der Waals surface area (Å²) in [7, 11) is 0. The van der Waals surface area contributed by atoms with E-state index in [-0.39, 0.29) is 22.5 Å². The van der Waals surface area contributed by atoms with E-state index < -0.39 is 5.97 Å². The van der Waals surface area contributed by atoms with E-state index in [0.29, 0.717) is 11.1 Å². The molecule has 94 valence electrons. The van der Waals surface area contributed by atoms with E-state index in [1.807, 2.05) is 0 Å². The van der Waals surface area contributed by atoms with Gasteiger partial charge in [-0.05, 0) is 18.2 Å². The number of fused-ring (bicyclic) bond motifs is 1. The first-order valence-electron chi connectivity index (χ1n) is 5.47. The number of carboxylic acids is 1. The van der Waals surface area contributed by atoms with Crippen LogP contribution in [0.15, 0.2) is 45.7 Å². The third-order valence-corrected chi connectivity index (χ3v) is 2.68. The lowest BCUT2D eigenvalue weighted by molar-refractivity contribution is 0.0699. The summed E-state index contributed by atoms with van der Waals surface area (Å²) < 4.78 is 5.49. The molecule has 0 amide bonds. The van der Waals surface area contributed by atoms with Gasteiger partial charge in [-0.15, -0.1) is 0 Å². The molecule has 0 aliphatic carbocycles. The van der Waals surface area contributed by atoms with E-state index in [2.05, 4.69) is 9.97 Å². The molecule has 2 heterocycles. The lowest BCUT2D eigenvalue weighted by Crippen LogP contribution is -2.01. The average Bonchev–Trinajstić information content (AvgIpc) is 2.82. The van der Waals surface area contributed by atoms with E-state index in [1.54, 1.807) is 18.2 Å². The first kappa shape index (κ1) is 11.2. The average molecular weight is 256 g/mol. The highest BCUT2D eigenvalue weighted by Crippen LogP contribution is 2.25. The number of nitrogens with one attached hydrogen (secondary N) is 1. The number of hydrogen-bond donors (Lipinski definition) is 2. The summed E-state index contributed by atoms with van der Waals surface area (Å²) in [4.78, 5) is 28.7. The second kappa shape index (κ2) is 4.09. The van der Waals surface area contributed by atoms with E-state index in [0.717, 1.165) is 0 Å². The van der Waals surface area contributed by atoms with Crippen LogP contribution < -0.4 is 5.56 Å². The molecule has 19 heavy (non-hydrogen) atoms. The smallest absolute Gasteiger partial charge is 0.338 e. The molecule has 0 atom stereocenters. The molecule has 0 unspecified atom stereocenters. The highest BCUT2D eigenvalue weighted by Gasteiger charge is 2.15. The van der Waals surface area contributed by atoms with Crippen molar-refractivity contribution in [2.45, 2.75) is 0 Å². The molecule has 0 bridgehead atoms. The minimum atomic E-state index is -1.06. The van der Waals surface area contributed by atoms with Gasteiger partial charge < -0.3 is 14.5 Å². The Labute approximate surface area is 106 Å². The van der Waals surface area contributed by atoms with Gasteiger partial charge in [-0.25, -0.2) is 9.78 Å². The molecule has 0 radical (unpaired) electrons. The van der Waals surface area contributed by atoms with Gasteiger partial charge in [-0.2, -0.15) is 0 Å². The number of rotatable bonds is 2. The minimum absolute atomic E-state index is 0.0805. The normalized spacial score (nSPS) is 10.7. The Bertz CT molecular complexity index is 812. The zero-order chi connectivity index (χ0) is 13.4. The second-order valence-electron chi connectivity index (χ2n) is 3.92. The van der Waals surface area contributed by atoms with Crippen LogP contribution in [0, 0.1) is 0 Å². The molecule has 3 aromatic rings. The number of oxazole rings is 1. The molecule has 1 aromatic carbocycles. The topological polar surface area (TPSA) is 96.2 Å². The van der Waals surface area contributed by atoms with Crippen LogP contribution in [0.2, 0.25) is 0 Å². The SMILES string of the molecule is O=C(O)c1cccc2oc(-c3ccc(=O)[nH]c3)nc12. The molecule has 0 aliphatic heterocycles. The molecule has 0 fully saturated rings. The molecule has 6 nitrogen and oxygen atoms in total. The van der Waals surface area contributed by atoms with Crippen LogP contribution in [0.3, 0.4) is 0 Å². The van der Waals surface area contributed by atoms with Crippen molar-refractivity contribution < 1.29 is 14.3 Å². The third kappa shape index (κ3) is 1.89. The fourth-order valence-corrected chi connectivity index (χ4v) is 1.79. The summed E-state index contributed by atoms with van der Waals surface area (Å²) in [5, 5.41) is 9.07. The summed E-state index contributed by atoms with van der Waals surface area (Å²) in [6.45, 7) is 0. The fourth-order valence-electron chi connectivity index (χ4n) is 1.79. The fraction of sp³-hybridized carbons (Fsp3) is 0. The summed E-state index contributed by atoms with van der Waals surface area (Å²) in [6, 6.07) is 7.60. The maximum Gasteiger partial charge on any atom is 0.338 e. The van der Waals surface area contributed by atoms with Gasteiger partial charge in [0.15, 0.2) is 5.58 Å². The number of carbonyl (C=O) groups is 1. The van der Waals surface area contributed by atoms with Crippen molar-refractivity contribution in [2.24, 2.45) is 0 Å². The van der Waals surface area contributed by atoms with E-state index >= 15 is 0 Å². The Morgan fingerprint density at radius 2 is 2.11 bits per heavy atom. The monoisotopic (exact) mass is 256 g/mol. The summed E-state index contributed by atoms with van der Waals surface area (Å²) in [5.41, 5.74) is 1.10. The molecule has 0 aliphatic rings. The Hall–Kier alpha value is -2.89. The number of aromatic nitrogens is 2. The van der Waals surface area contributed by atoms with Gasteiger partial charge in [-0.3, -0.25) is 4.79 Å². The maximum absolute atomic E-state index is 11.1. The molecule has 0 spiro atoms. The number of H-pyrrole nitrogens is 1. The highest BCUT2D eigenvalue weighted by atomic mass is 16.4. The highest BCUT2D eigenvalue weighted by molar-refractivity contribution is 6.00. The van der Waals surface area contributed by atoms with Crippen molar-refractivity contribution in [3.8, 4) is 11.5 Å². The molecule has 6 heteroatoms. The minimum Gasteiger partial charge on any atom is -0.478 e. The third-order valence-electron chi connectivity index (χ3n) is 2.68. The van der Waals surface area contributed by atoms with E-state index in [4.69, 9.17) is 9.52 Å². The first-order chi connectivity index (χ1) is 9.15. The van der Waals surface area contributed by atoms with E-state index in [1.165, 1.54) is 18.3 Å². The number of carboxylic acid groups (broad SMARTS) is 1. The van der Waals surface area contributed by atoms with Crippen molar-refractivity contribution in [1.29, 1.82) is 0 Å². The van der Waals surface area contributed by atoms with Gasteiger partial charge in [0.25, 0.3) is 0 Å². The van der Waals surface area contributed by atoms with Crippen LogP contribution in [0.5, 0.6) is 0 Å². The Kier molecular flexibility index (Phi) is 2.42. The van der Waals surface area contributed by atoms with Gasteiger partial charge in [0, 0.05) is 12.3 Å². The van der Waals surface area contributed by atoms with Crippen LogP contribution in [-0.4, -0.2) is 21.0 Å². The maximum atomic E-state index is 11.1. The van der Waals surface area contributed by atoms with Gasteiger partial charge in [0.05, 0.1) is 11.1 Å². The molecule has 2 aromatic heterocycles. The van der Waals surface area contributed by atoms with Crippen LogP contribution in [0.25, 0.3) is 22.6 Å². The Balaban J connectivity index is 2.21. The molecule has 0 saturated heterocycles. The van der Waals surface area contributed by atoms with Gasteiger partial charge in [0.2, 0.25) is 11.4 Å². The van der Waals surface area contributed by atoms with Crippen LogP contribution >= 0.6 is 0 Å². The standard InChI is InChI=1S/C13H8N2O4/c16-10-5-4-7(6-14-10)12-15-11-8(13(17)18)2-1-3-9(11)19-12/h1-6H,(H,14,16)(H,17,18). The van der Waals surface area contributed by atoms with Crippen molar-refractivity contribution in [3.63, 3.8) is 0 Å².